The molecule has 0 spiro atoms. The van der Waals surface area contributed by atoms with Crippen molar-refractivity contribution in [3.63, 3.8) is 0 Å². The van der Waals surface area contributed by atoms with E-state index >= 15 is 0 Å². The lowest BCUT2D eigenvalue weighted by molar-refractivity contribution is -0.192. The molecule has 3 aromatic rings. The maximum absolute atomic E-state index is 12.8. The lowest BCUT2D eigenvalue weighted by atomic mass is 10.2. The Morgan fingerprint density at radius 2 is 1.84 bits per heavy atom. The molecular formula is C23H23F3N6O5S. The molecule has 15 heteroatoms. The van der Waals surface area contributed by atoms with Gasteiger partial charge in [0.05, 0.1) is 4.90 Å². The Morgan fingerprint density at radius 3 is 2.47 bits per heavy atom. The fourth-order valence-corrected chi connectivity index (χ4v) is 4.71. The largest absolute Gasteiger partial charge is 0.490 e. The van der Waals surface area contributed by atoms with Crippen LogP contribution in [0.1, 0.15) is 12.0 Å². The van der Waals surface area contributed by atoms with Crippen LogP contribution in [0, 0.1) is 0 Å². The van der Waals surface area contributed by atoms with Gasteiger partial charge in [0.2, 0.25) is 15.9 Å². The van der Waals surface area contributed by atoms with E-state index in [4.69, 9.17) is 21.4 Å². The van der Waals surface area contributed by atoms with E-state index in [-0.39, 0.29) is 17.5 Å². The minimum absolute atomic E-state index is 0.0585. The topological polar surface area (TPSA) is 181 Å². The normalized spacial score (nSPS) is 16.3. The molecule has 1 aromatic heterocycles. The summed E-state index contributed by atoms with van der Waals surface area (Å²) in [6.45, 7) is 0.456. The van der Waals surface area contributed by atoms with E-state index in [1.54, 1.807) is 12.1 Å². The Morgan fingerprint density at radius 1 is 1.18 bits per heavy atom. The van der Waals surface area contributed by atoms with Crippen molar-refractivity contribution in [3.05, 3.63) is 66.4 Å². The van der Waals surface area contributed by atoms with Crippen LogP contribution in [0.5, 0.6) is 0 Å². The van der Waals surface area contributed by atoms with Crippen LogP contribution in [0.4, 0.5) is 19.0 Å². The number of alkyl halides is 3. The first kappa shape index (κ1) is 28.3. The highest BCUT2D eigenvalue weighted by Gasteiger charge is 2.38. The number of amidine groups is 1. The number of hydrogen-bond acceptors (Lipinski definition) is 7. The number of nitrogen functional groups attached to an aromatic ring is 1. The summed E-state index contributed by atoms with van der Waals surface area (Å²) in [6.07, 6.45) is -3.22. The number of nitrogens with one attached hydrogen (secondary N) is 1. The van der Waals surface area contributed by atoms with Crippen molar-refractivity contribution in [1.82, 2.24) is 14.6 Å². The number of amides is 1. The van der Waals surface area contributed by atoms with Crippen molar-refractivity contribution in [2.75, 3.05) is 18.9 Å². The minimum atomic E-state index is -5.08. The molecule has 4 rings (SSSR count). The second-order valence-electron chi connectivity index (χ2n) is 8.00. The number of aliphatic carboxylic acids is 1. The zero-order chi connectivity index (χ0) is 28.1. The predicted octanol–water partition coefficient (Wildman–Crippen LogP) is 1.69. The fraction of sp³-hybridized carbons (Fsp3) is 0.217. The Balaban J connectivity index is 0.000000505. The molecule has 1 amide bonds. The number of pyridine rings is 1. The number of aliphatic imine (C=N–C) groups is 1. The van der Waals surface area contributed by atoms with Crippen LogP contribution < -0.4 is 16.2 Å². The van der Waals surface area contributed by atoms with Crippen molar-refractivity contribution < 1.29 is 36.3 Å². The van der Waals surface area contributed by atoms with Crippen LogP contribution in [0.3, 0.4) is 0 Å². The van der Waals surface area contributed by atoms with Crippen LogP contribution >= 0.6 is 0 Å². The van der Waals surface area contributed by atoms with Crippen molar-refractivity contribution in [2.45, 2.75) is 23.5 Å². The van der Waals surface area contributed by atoms with Crippen LogP contribution in [0.2, 0.25) is 0 Å². The molecule has 1 aliphatic heterocycles. The van der Waals surface area contributed by atoms with E-state index in [0.717, 1.165) is 5.56 Å². The fourth-order valence-electron chi connectivity index (χ4n) is 3.45. The van der Waals surface area contributed by atoms with Crippen molar-refractivity contribution in [2.24, 2.45) is 10.7 Å². The monoisotopic (exact) mass is 552 g/mol. The molecule has 38 heavy (non-hydrogen) atoms. The number of aromatic nitrogens is 1. The first-order chi connectivity index (χ1) is 17.8. The SMILES string of the molecule is NC(=NCN1CC[C@H](NS(=O)(=O)c2ccc3c(N)nccc3c2)C1=O)c1ccccc1.O=C(O)C(F)(F)F. The van der Waals surface area contributed by atoms with Crippen LogP contribution in [-0.4, -0.2) is 66.6 Å². The van der Waals surface area contributed by atoms with Crippen LogP contribution in [0.25, 0.3) is 10.8 Å². The molecule has 11 nitrogen and oxygen atoms in total. The molecule has 202 valence electrons. The van der Waals surface area contributed by atoms with Crippen molar-refractivity contribution in [1.29, 1.82) is 0 Å². The number of rotatable bonds is 6. The third kappa shape index (κ3) is 6.95. The lowest BCUT2D eigenvalue weighted by Gasteiger charge is -2.16. The molecule has 0 aliphatic carbocycles. The highest BCUT2D eigenvalue weighted by molar-refractivity contribution is 7.89. The molecule has 6 N–H and O–H groups in total. The number of nitrogens with two attached hydrogens (primary N) is 2. The number of anilines is 1. The van der Waals surface area contributed by atoms with Gasteiger partial charge in [-0.1, -0.05) is 30.3 Å². The average molecular weight is 553 g/mol. The number of carboxylic acids is 1. The van der Waals surface area contributed by atoms with Gasteiger partial charge < -0.3 is 21.5 Å². The lowest BCUT2D eigenvalue weighted by Crippen LogP contribution is -2.41. The smallest absolute Gasteiger partial charge is 0.475 e. The first-order valence-corrected chi connectivity index (χ1v) is 12.4. The first-order valence-electron chi connectivity index (χ1n) is 10.9. The summed E-state index contributed by atoms with van der Waals surface area (Å²) in [5.41, 5.74) is 12.6. The molecule has 1 fully saturated rings. The average Bonchev–Trinajstić information content (AvgIpc) is 3.21. The second-order valence-corrected chi connectivity index (χ2v) is 9.71. The van der Waals surface area contributed by atoms with E-state index in [9.17, 15) is 26.4 Å². The maximum atomic E-state index is 12.8. The van der Waals surface area contributed by atoms with Gasteiger partial charge in [0, 0.05) is 23.7 Å². The zero-order valence-electron chi connectivity index (χ0n) is 19.6. The number of hydrogen-bond donors (Lipinski definition) is 4. The Hall–Kier alpha value is -4.24. The quantitative estimate of drug-likeness (QED) is 0.263. The van der Waals surface area contributed by atoms with Crippen LogP contribution in [0.15, 0.2) is 70.7 Å². The molecule has 0 saturated carbocycles. The third-order valence-electron chi connectivity index (χ3n) is 5.40. The highest BCUT2D eigenvalue weighted by Crippen LogP contribution is 2.23. The van der Waals surface area contributed by atoms with Gasteiger partial charge in [-0.3, -0.25) is 4.79 Å². The molecule has 2 heterocycles. The summed E-state index contributed by atoms with van der Waals surface area (Å²) in [5, 5.41) is 8.44. The van der Waals surface area contributed by atoms with Gasteiger partial charge >= 0.3 is 12.1 Å². The number of nitrogens with zero attached hydrogens (tertiary/aromatic N) is 3. The summed E-state index contributed by atoms with van der Waals surface area (Å²) in [6, 6.07) is 14.6. The Labute approximate surface area is 215 Å². The number of halogens is 3. The number of benzene rings is 2. The minimum Gasteiger partial charge on any atom is -0.475 e. The maximum Gasteiger partial charge on any atom is 0.490 e. The number of sulfonamides is 1. The van der Waals surface area contributed by atoms with E-state index in [1.165, 1.54) is 23.2 Å². The Kier molecular flexibility index (Phi) is 8.53. The molecular weight excluding hydrogens is 529 g/mol. The number of fused-ring (bicyclic) bond motifs is 1. The summed E-state index contributed by atoms with van der Waals surface area (Å²) >= 11 is 0. The van der Waals surface area contributed by atoms with Gasteiger partial charge in [-0.15, -0.1) is 0 Å². The summed E-state index contributed by atoms with van der Waals surface area (Å²) in [7, 11) is -3.90. The second kappa shape index (κ2) is 11.4. The summed E-state index contributed by atoms with van der Waals surface area (Å²) < 4.78 is 59.9. The van der Waals surface area contributed by atoms with Gasteiger partial charge in [0.1, 0.15) is 24.4 Å². The number of likely N-dealkylation sites (tertiary alicyclic amines) is 1. The molecule has 0 radical (unpaired) electrons. The van der Waals surface area contributed by atoms with Gasteiger partial charge in [-0.25, -0.2) is 23.2 Å². The van der Waals surface area contributed by atoms with E-state index in [0.29, 0.717) is 35.4 Å². The van der Waals surface area contributed by atoms with Gasteiger partial charge in [0.15, 0.2) is 0 Å². The van der Waals surface area contributed by atoms with Crippen molar-refractivity contribution in [3.8, 4) is 0 Å². The molecule has 2 aromatic carbocycles. The third-order valence-corrected chi connectivity index (χ3v) is 6.87. The summed E-state index contributed by atoms with van der Waals surface area (Å²) in [4.78, 5) is 31.4. The highest BCUT2D eigenvalue weighted by atomic mass is 32.2. The molecule has 1 saturated heterocycles. The standard InChI is InChI=1S/C21H22N6O3S.C2HF3O2/c22-19(14-4-2-1-3-5-14)25-13-27-11-9-18(21(27)28)26-31(29,30)16-6-7-17-15(12-16)8-10-24-20(17)23;3-2(4,5)1(6)7/h1-8,10,12,18,26H,9,11,13H2,(H2,22,25)(H2,23,24);(H,6,7)/t18-;/m0./s1. The molecule has 1 aliphatic rings. The van der Waals surface area contributed by atoms with Crippen molar-refractivity contribution >= 4 is 44.3 Å². The van der Waals surface area contributed by atoms with E-state index < -0.39 is 28.2 Å². The van der Waals surface area contributed by atoms with Crippen LogP contribution in [-0.2, 0) is 19.6 Å². The predicted molar refractivity (Wildman–Crippen MR) is 132 cm³/mol. The molecule has 1 atom stereocenters. The van der Waals surface area contributed by atoms with E-state index in [2.05, 4.69) is 14.7 Å². The van der Waals surface area contributed by atoms with Gasteiger partial charge in [0.25, 0.3) is 0 Å². The molecule has 0 bridgehead atoms. The molecule has 0 unspecified atom stereocenters. The van der Waals surface area contributed by atoms with Gasteiger partial charge in [-0.05, 0) is 36.1 Å². The number of carboxylic acid groups (broad SMARTS) is 1. The summed E-state index contributed by atoms with van der Waals surface area (Å²) in [5.74, 6) is -2.44. The number of carbonyl (C=O) groups excluding carboxylic acids is 1. The van der Waals surface area contributed by atoms with Gasteiger partial charge in [-0.2, -0.15) is 17.9 Å². The number of carbonyl (C=O) groups is 2. The zero-order valence-corrected chi connectivity index (χ0v) is 20.4. The van der Waals surface area contributed by atoms with E-state index in [1.807, 2.05) is 30.3 Å². The Bertz CT molecular complexity index is 1470.